The van der Waals surface area contributed by atoms with Crippen LogP contribution < -0.4 is 10.6 Å². The predicted octanol–water partition coefficient (Wildman–Crippen LogP) is 2.15. The Morgan fingerprint density at radius 3 is 2.43 bits per heavy atom. The number of hydrogen-bond donors (Lipinski definition) is 2. The van der Waals surface area contributed by atoms with Gasteiger partial charge in [0.15, 0.2) is 0 Å². The van der Waals surface area contributed by atoms with Gasteiger partial charge in [-0.3, -0.25) is 4.79 Å². The molecule has 4 atom stereocenters. The monoisotopic (exact) mass is 382 g/mol. The Bertz CT molecular complexity index is 837. The average molecular weight is 382 g/mol. The van der Waals surface area contributed by atoms with Gasteiger partial charge in [0.2, 0.25) is 5.95 Å². The summed E-state index contributed by atoms with van der Waals surface area (Å²) in [5.74, 6) is 0.457. The number of anilines is 1. The molecule has 2 aromatic rings. The summed E-state index contributed by atoms with van der Waals surface area (Å²) in [6.07, 6.45) is 1.43. The van der Waals surface area contributed by atoms with Crippen LogP contribution in [0.4, 0.5) is 5.95 Å². The summed E-state index contributed by atoms with van der Waals surface area (Å²) in [7, 11) is 0. The van der Waals surface area contributed by atoms with E-state index in [0.29, 0.717) is 24.7 Å². The van der Waals surface area contributed by atoms with Crippen molar-refractivity contribution in [1.29, 1.82) is 0 Å². The molecule has 4 rings (SSSR count). The number of ether oxygens (including phenoxy) is 2. The van der Waals surface area contributed by atoms with Crippen molar-refractivity contribution >= 4 is 11.9 Å². The highest BCUT2D eigenvalue weighted by Crippen LogP contribution is 2.29. The minimum Gasteiger partial charge on any atom is -0.371 e. The van der Waals surface area contributed by atoms with Gasteiger partial charge in [-0.15, -0.1) is 0 Å². The van der Waals surface area contributed by atoms with Gasteiger partial charge in [0.05, 0.1) is 31.0 Å². The number of carbonyl (C=O) groups excluding carboxylic acids is 1. The molecule has 7 nitrogen and oxygen atoms in total. The molecule has 2 aliphatic rings. The van der Waals surface area contributed by atoms with Crippen LogP contribution in [0.3, 0.4) is 0 Å². The van der Waals surface area contributed by atoms with Crippen LogP contribution in [-0.2, 0) is 14.9 Å². The summed E-state index contributed by atoms with van der Waals surface area (Å²) in [4.78, 5) is 21.4. The molecule has 2 aliphatic heterocycles. The maximum absolute atomic E-state index is 12.4. The van der Waals surface area contributed by atoms with E-state index in [0.717, 1.165) is 5.69 Å². The minimum absolute atomic E-state index is 0.0508. The molecule has 0 aliphatic carbocycles. The lowest BCUT2D eigenvalue weighted by atomic mass is 9.92. The van der Waals surface area contributed by atoms with E-state index < -0.39 is 0 Å². The summed E-state index contributed by atoms with van der Waals surface area (Å²) in [6.45, 7) is 7.26. The van der Waals surface area contributed by atoms with Crippen LogP contribution in [0.2, 0.25) is 0 Å². The number of benzene rings is 1. The molecule has 2 fully saturated rings. The third-order valence-electron chi connectivity index (χ3n) is 5.14. The summed E-state index contributed by atoms with van der Waals surface area (Å²) >= 11 is 0. The molecular weight excluding hydrogens is 356 g/mol. The molecule has 0 bridgehead atoms. The molecule has 3 heterocycles. The van der Waals surface area contributed by atoms with Crippen LogP contribution in [0.25, 0.3) is 0 Å². The molecule has 148 valence electrons. The number of aromatic nitrogens is 2. The minimum atomic E-state index is -0.184. The van der Waals surface area contributed by atoms with Gasteiger partial charge in [0.25, 0.3) is 5.91 Å². The molecule has 2 saturated heterocycles. The van der Waals surface area contributed by atoms with Crippen LogP contribution >= 0.6 is 0 Å². The lowest BCUT2D eigenvalue weighted by Gasteiger charge is -2.21. The van der Waals surface area contributed by atoms with Crippen LogP contribution in [-0.4, -0.2) is 53.4 Å². The first-order valence-corrected chi connectivity index (χ1v) is 9.61. The van der Waals surface area contributed by atoms with Gasteiger partial charge in [0.1, 0.15) is 12.2 Å². The van der Waals surface area contributed by atoms with E-state index in [-0.39, 0.29) is 35.6 Å². The van der Waals surface area contributed by atoms with Crippen molar-refractivity contribution in [3.05, 3.63) is 53.9 Å². The summed E-state index contributed by atoms with van der Waals surface area (Å²) in [5.41, 5.74) is 1.55. The van der Waals surface area contributed by atoms with Crippen molar-refractivity contribution < 1.29 is 14.3 Å². The highest BCUT2D eigenvalue weighted by molar-refractivity contribution is 5.94. The van der Waals surface area contributed by atoms with Gasteiger partial charge in [0, 0.05) is 17.2 Å². The zero-order chi connectivity index (χ0) is 19.7. The molecule has 0 saturated carbocycles. The van der Waals surface area contributed by atoms with Crippen LogP contribution in [0.15, 0.2) is 42.6 Å². The van der Waals surface area contributed by atoms with Crippen LogP contribution in [0.1, 0.15) is 36.8 Å². The third-order valence-corrected chi connectivity index (χ3v) is 5.14. The van der Waals surface area contributed by atoms with Gasteiger partial charge >= 0.3 is 0 Å². The van der Waals surface area contributed by atoms with Gasteiger partial charge in [-0.1, -0.05) is 39.0 Å². The van der Waals surface area contributed by atoms with E-state index in [4.69, 9.17) is 9.47 Å². The van der Waals surface area contributed by atoms with Crippen molar-refractivity contribution in [2.24, 2.45) is 0 Å². The number of nitrogens with one attached hydrogen (secondary N) is 2. The zero-order valence-corrected chi connectivity index (χ0v) is 16.4. The largest absolute Gasteiger partial charge is 0.371 e. The fourth-order valence-electron chi connectivity index (χ4n) is 3.60. The molecule has 0 spiro atoms. The van der Waals surface area contributed by atoms with Gasteiger partial charge in [-0.2, -0.15) is 0 Å². The second kappa shape index (κ2) is 7.48. The van der Waals surface area contributed by atoms with Crippen molar-refractivity contribution in [2.45, 2.75) is 50.5 Å². The second-order valence-electron chi connectivity index (χ2n) is 8.31. The number of fused-ring (bicyclic) bond motifs is 1. The van der Waals surface area contributed by atoms with Gasteiger partial charge in [-0.25, -0.2) is 9.97 Å². The quantitative estimate of drug-likeness (QED) is 0.843. The smallest absolute Gasteiger partial charge is 0.251 e. The van der Waals surface area contributed by atoms with Gasteiger partial charge < -0.3 is 20.1 Å². The van der Waals surface area contributed by atoms with E-state index in [2.05, 4.69) is 41.4 Å². The maximum Gasteiger partial charge on any atom is 0.251 e. The maximum atomic E-state index is 12.4. The fraction of sp³-hybridized carbons (Fsp3) is 0.476. The van der Waals surface area contributed by atoms with E-state index >= 15 is 0 Å². The van der Waals surface area contributed by atoms with Crippen molar-refractivity contribution in [3.8, 4) is 0 Å². The Balaban J connectivity index is 1.40. The zero-order valence-electron chi connectivity index (χ0n) is 16.4. The SMILES string of the molecule is CC(C)(C)c1ccnc(NC2COC3C(NC(=O)c4ccccc4)COC23)n1. The molecular formula is C21H26N4O3. The van der Waals surface area contributed by atoms with E-state index in [1.807, 2.05) is 24.3 Å². The molecule has 4 unspecified atom stereocenters. The summed E-state index contributed by atoms with van der Waals surface area (Å²) < 4.78 is 11.9. The first-order valence-electron chi connectivity index (χ1n) is 9.61. The van der Waals surface area contributed by atoms with Crippen LogP contribution in [0, 0.1) is 0 Å². The number of amides is 1. The first kappa shape index (κ1) is 18.8. The van der Waals surface area contributed by atoms with Gasteiger partial charge in [-0.05, 0) is 18.2 Å². The summed E-state index contributed by atoms with van der Waals surface area (Å²) in [6, 6.07) is 10.9. The van der Waals surface area contributed by atoms with Crippen molar-refractivity contribution in [3.63, 3.8) is 0 Å². The molecule has 2 N–H and O–H groups in total. The summed E-state index contributed by atoms with van der Waals surface area (Å²) in [5, 5.41) is 6.38. The normalized spacial score (nSPS) is 26.7. The van der Waals surface area contributed by atoms with E-state index in [1.54, 1.807) is 18.3 Å². The Kier molecular flexibility index (Phi) is 5.03. The molecule has 1 amide bonds. The third kappa shape index (κ3) is 3.86. The molecule has 28 heavy (non-hydrogen) atoms. The van der Waals surface area contributed by atoms with E-state index in [9.17, 15) is 4.79 Å². The number of carbonyl (C=O) groups is 1. The standard InChI is InChI=1S/C21H26N4O3/c1-21(2,3)16-9-10-22-20(25-16)24-15-12-28-17-14(11-27-18(15)17)23-19(26)13-7-5-4-6-8-13/h4-10,14-15,17-18H,11-12H2,1-3H3,(H,23,26)(H,22,24,25). The first-order chi connectivity index (χ1) is 13.4. The fourth-order valence-corrected chi connectivity index (χ4v) is 3.60. The van der Waals surface area contributed by atoms with E-state index in [1.165, 1.54) is 0 Å². The lowest BCUT2D eigenvalue weighted by molar-refractivity contribution is 0.0652. The Hall–Kier alpha value is -2.51. The highest BCUT2D eigenvalue weighted by atomic mass is 16.6. The number of hydrogen-bond acceptors (Lipinski definition) is 6. The topological polar surface area (TPSA) is 85.4 Å². The van der Waals surface area contributed by atoms with Crippen LogP contribution in [0.5, 0.6) is 0 Å². The Labute approximate surface area is 164 Å². The molecule has 1 aromatic heterocycles. The molecule has 1 aromatic carbocycles. The Morgan fingerprint density at radius 1 is 1.04 bits per heavy atom. The highest BCUT2D eigenvalue weighted by Gasteiger charge is 2.48. The van der Waals surface area contributed by atoms with Crippen molar-refractivity contribution in [1.82, 2.24) is 15.3 Å². The van der Waals surface area contributed by atoms with Crippen molar-refractivity contribution in [2.75, 3.05) is 18.5 Å². The predicted molar refractivity (Wildman–Crippen MR) is 105 cm³/mol. The number of rotatable bonds is 4. The molecule has 0 radical (unpaired) electrons. The second-order valence-corrected chi connectivity index (χ2v) is 8.31. The Morgan fingerprint density at radius 2 is 1.71 bits per heavy atom. The average Bonchev–Trinajstić information content (AvgIpc) is 3.26. The number of nitrogens with zero attached hydrogens (tertiary/aromatic N) is 2. The lowest BCUT2D eigenvalue weighted by Crippen LogP contribution is -2.44. The molecule has 7 heteroatoms.